The first-order chi connectivity index (χ1) is 9.78. The van der Waals surface area contributed by atoms with Gasteiger partial charge in [-0.25, -0.2) is 0 Å². The second-order valence-corrected chi connectivity index (χ2v) is 5.16. The average molecular weight is 272 g/mol. The van der Waals surface area contributed by atoms with Gasteiger partial charge in [-0.2, -0.15) is 0 Å². The lowest BCUT2D eigenvalue weighted by molar-refractivity contribution is 0.468. The molecule has 1 aromatic heterocycles. The van der Waals surface area contributed by atoms with E-state index in [1.54, 1.807) is 0 Å². The molecule has 0 bridgehead atoms. The maximum Gasteiger partial charge on any atom is 0.322 e. The fraction of sp³-hybridized carbons (Fsp3) is 0.467. The zero-order valence-electron chi connectivity index (χ0n) is 12.0. The lowest BCUT2D eigenvalue weighted by Crippen LogP contribution is -2.17. The van der Waals surface area contributed by atoms with Crippen LogP contribution in [0.3, 0.4) is 0 Å². The minimum absolute atomic E-state index is 0.564. The first-order valence-corrected chi connectivity index (χ1v) is 7.17. The molecule has 0 atom stereocenters. The Labute approximate surface area is 119 Å². The van der Waals surface area contributed by atoms with Crippen molar-refractivity contribution in [1.82, 2.24) is 15.5 Å². The van der Waals surface area contributed by atoms with E-state index < -0.39 is 0 Å². The lowest BCUT2D eigenvalue weighted by Gasteiger charge is -2.19. The Morgan fingerprint density at radius 1 is 1.30 bits per heavy atom. The third-order valence-electron chi connectivity index (χ3n) is 3.53. The van der Waals surface area contributed by atoms with Crippen LogP contribution in [-0.2, 0) is 6.54 Å². The molecule has 106 valence electrons. The van der Waals surface area contributed by atoms with Gasteiger partial charge in [0.05, 0.1) is 6.54 Å². The Hall–Kier alpha value is -1.88. The molecule has 2 aromatic rings. The minimum atomic E-state index is 0.564. The van der Waals surface area contributed by atoms with Gasteiger partial charge in [-0.1, -0.05) is 23.3 Å². The summed E-state index contributed by atoms with van der Waals surface area (Å²) >= 11 is 0. The molecule has 1 aliphatic rings. The van der Waals surface area contributed by atoms with Crippen molar-refractivity contribution in [3.8, 4) is 0 Å². The molecule has 1 heterocycles. The largest absolute Gasteiger partial charge is 0.406 e. The van der Waals surface area contributed by atoms with Gasteiger partial charge in [0.2, 0.25) is 5.89 Å². The number of nitrogens with zero attached hydrogens (tertiary/aromatic N) is 3. The fourth-order valence-corrected chi connectivity index (χ4v) is 2.22. The molecule has 1 N–H and O–H groups in total. The highest BCUT2D eigenvalue weighted by Crippen LogP contribution is 2.27. The smallest absolute Gasteiger partial charge is 0.322 e. The molecule has 20 heavy (non-hydrogen) atoms. The molecule has 0 aliphatic heterocycles. The molecule has 0 spiro atoms. The maximum absolute atomic E-state index is 5.77. The lowest BCUT2D eigenvalue weighted by atomic mass is 10.2. The molecule has 5 heteroatoms. The SMILES string of the molecule is CCN(c1nnc(CNC2CC2)o1)c1ccccc1C. The Morgan fingerprint density at radius 2 is 2.10 bits per heavy atom. The van der Waals surface area contributed by atoms with Crippen molar-refractivity contribution in [3.05, 3.63) is 35.7 Å². The summed E-state index contributed by atoms with van der Waals surface area (Å²) in [7, 11) is 0. The van der Waals surface area contributed by atoms with Gasteiger partial charge in [-0.15, -0.1) is 5.10 Å². The molecule has 3 rings (SSSR count). The average Bonchev–Trinajstić information content (AvgIpc) is 3.18. The third kappa shape index (κ3) is 2.82. The highest BCUT2D eigenvalue weighted by atomic mass is 16.4. The number of aromatic nitrogens is 2. The van der Waals surface area contributed by atoms with E-state index in [9.17, 15) is 0 Å². The van der Waals surface area contributed by atoms with Crippen LogP contribution in [0.4, 0.5) is 11.7 Å². The molecule has 0 radical (unpaired) electrons. The number of benzene rings is 1. The molecular weight excluding hydrogens is 252 g/mol. The van der Waals surface area contributed by atoms with Crippen molar-refractivity contribution in [2.24, 2.45) is 0 Å². The zero-order chi connectivity index (χ0) is 13.9. The van der Waals surface area contributed by atoms with E-state index in [4.69, 9.17) is 4.42 Å². The van der Waals surface area contributed by atoms with E-state index in [0.717, 1.165) is 12.2 Å². The number of aryl methyl sites for hydroxylation is 1. The van der Waals surface area contributed by atoms with Gasteiger partial charge >= 0.3 is 6.01 Å². The predicted molar refractivity (Wildman–Crippen MR) is 78.0 cm³/mol. The normalized spacial score (nSPS) is 14.5. The van der Waals surface area contributed by atoms with E-state index in [2.05, 4.69) is 41.5 Å². The molecule has 1 aromatic carbocycles. The van der Waals surface area contributed by atoms with Gasteiger partial charge in [0.1, 0.15) is 0 Å². The van der Waals surface area contributed by atoms with Gasteiger partial charge in [-0.3, -0.25) is 4.90 Å². The molecule has 0 unspecified atom stereocenters. The van der Waals surface area contributed by atoms with Crippen LogP contribution < -0.4 is 10.2 Å². The van der Waals surface area contributed by atoms with Gasteiger partial charge in [-0.05, 0) is 38.3 Å². The summed E-state index contributed by atoms with van der Waals surface area (Å²) in [5.74, 6) is 0.652. The first-order valence-electron chi connectivity index (χ1n) is 7.17. The van der Waals surface area contributed by atoms with Crippen LogP contribution in [0.5, 0.6) is 0 Å². The third-order valence-corrected chi connectivity index (χ3v) is 3.53. The van der Waals surface area contributed by atoms with Crippen LogP contribution in [0.1, 0.15) is 31.2 Å². The summed E-state index contributed by atoms with van der Waals surface area (Å²) in [4.78, 5) is 2.04. The molecule has 5 nitrogen and oxygen atoms in total. The summed E-state index contributed by atoms with van der Waals surface area (Å²) < 4.78 is 5.77. The van der Waals surface area contributed by atoms with Crippen LogP contribution >= 0.6 is 0 Å². The van der Waals surface area contributed by atoms with Gasteiger partial charge in [0.25, 0.3) is 0 Å². The number of para-hydroxylation sites is 1. The monoisotopic (exact) mass is 272 g/mol. The van der Waals surface area contributed by atoms with Gasteiger partial charge in [0, 0.05) is 18.3 Å². The summed E-state index contributed by atoms with van der Waals surface area (Å²) in [5.41, 5.74) is 2.31. The predicted octanol–water partition coefficient (Wildman–Crippen LogP) is 2.79. The quantitative estimate of drug-likeness (QED) is 0.876. The van der Waals surface area contributed by atoms with Crippen LogP contribution in [0.25, 0.3) is 0 Å². The Balaban J connectivity index is 1.76. The number of hydrogen-bond donors (Lipinski definition) is 1. The van der Waals surface area contributed by atoms with E-state index in [1.165, 1.54) is 18.4 Å². The molecule has 1 saturated carbocycles. The van der Waals surface area contributed by atoms with Crippen molar-refractivity contribution >= 4 is 11.7 Å². The summed E-state index contributed by atoms with van der Waals surface area (Å²) in [5, 5.41) is 11.7. The van der Waals surface area contributed by atoms with Crippen molar-refractivity contribution in [1.29, 1.82) is 0 Å². The van der Waals surface area contributed by atoms with Crippen molar-refractivity contribution in [2.75, 3.05) is 11.4 Å². The Morgan fingerprint density at radius 3 is 2.80 bits per heavy atom. The summed E-state index contributed by atoms with van der Waals surface area (Å²) in [6.07, 6.45) is 2.51. The van der Waals surface area contributed by atoms with E-state index in [1.807, 2.05) is 17.0 Å². The van der Waals surface area contributed by atoms with Crippen LogP contribution in [0, 0.1) is 6.92 Å². The Bertz CT molecular complexity index is 577. The summed E-state index contributed by atoms with van der Waals surface area (Å²) in [6.45, 7) is 5.62. The Kier molecular flexibility index (Phi) is 3.69. The van der Waals surface area contributed by atoms with Crippen LogP contribution in [-0.4, -0.2) is 22.8 Å². The number of anilines is 2. The second kappa shape index (κ2) is 5.63. The molecular formula is C15H20N4O. The van der Waals surface area contributed by atoms with Crippen molar-refractivity contribution in [2.45, 2.75) is 39.3 Å². The second-order valence-electron chi connectivity index (χ2n) is 5.16. The molecule has 0 saturated heterocycles. The van der Waals surface area contributed by atoms with Gasteiger partial charge < -0.3 is 9.73 Å². The molecule has 1 fully saturated rings. The standard InChI is InChI=1S/C15H20N4O/c1-3-19(13-7-5-4-6-11(13)2)15-18-17-14(20-15)10-16-12-8-9-12/h4-7,12,16H,3,8-10H2,1-2H3. The maximum atomic E-state index is 5.77. The van der Waals surface area contributed by atoms with Crippen LogP contribution in [0.15, 0.2) is 28.7 Å². The van der Waals surface area contributed by atoms with E-state index >= 15 is 0 Å². The molecule has 0 amide bonds. The molecule has 1 aliphatic carbocycles. The fourth-order valence-electron chi connectivity index (χ4n) is 2.22. The zero-order valence-corrected chi connectivity index (χ0v) is 12.0. The van der Waals surface area contributed by atoms with Crippen LogP contribution in [0.2, 0.25) is 0 Å². The highest BCUT2D eigenvalue weighted by Gasteiger charge is 2.22. The van der Waals surface area contributed by atoms with E-state index in [0.29, 0.717) is 24.5 Å². The summed E-state index contributed by atoms with van der Waals surface area (Å²) in [6, 6.07) is 9.43. The van der Waals surface area contributed by atoms with Crippen molar-refractivity contribution in [3.63, 3.8) is 0 Å². The van der Waals surface area contributed by atoms with Gasteiger partial charge in [0.15, 0.2) is 0 Å². The van der Waals surface area contributed by atoms with E-state index in [-0.39, 0.29) is 0 Å². The number of hydrogen-bond acceptors (Lipinski definition) is 5. The highest BCUT2D eigenvalue weighted by molar-refractivity contribution is 5.60. The number of nitrogens with one attached hydrogen (secondary N) is 1. The first kappa shape index (κ1) is 13.1. The number of rotatable bonds is 6. The topological polar surface area (TPSA) is 54.2 Å². The van der Waals surface area contributed by atoms with Crippen molar-refractivity contribution < 1.29 is 4.42 Å². The minimum Gasteiger partial charge on any atom is -0.406 e.